The van der Waals surface area contributed by atoms with E-state index in [0.29, 0.717) is 27.0 Å². The molecule has 0 unspecified atom stereocenters. The summed E-state index contributed by atoms with van der Waals surface area (Å²) in [6.07, 6.45) is 1.74. The number of carboxylic acids is 1. The monoisotopic (exact) mass is 522 g/mol. The number of hydrogen-bond acceptors (Lipinski definition) is 5. The molecule has 37 heavy (non-hydrogen) atoms. The van der Waals surface area contributed by atoms with Gasteiger partial charge in [0.25, 0.3) is 5.91 Å². The van der Waals surface area contributed by atoms with Crippen molar-refractivity contribution in [3.05, 3.63) is 119 Å². The third-order valence-corrected chi connectivity index (χ3v) is 7.31. The quantitative estimate of drug-likeness (QED) is 0.222. The first-order valence-electron chi connectivity index (χ1n) is 11.6. The minimum absolute atomic E-state index is 0.0344. The zero-order valence-corrected chi connectivity index (χ0v) is 21.3. The van der Waals surface area contributed by atoms with Crippen LogP contribution in [-0.2, 0) is 22.6 Å². The highest BCUT2D eigenvalue weighted by Crippen LogP contribution is 2.34. The summed E-state index contributed by atoms with van der Waals surface area (Å²) in [7, 11) is 0. The molecule has 1 aliphatic rings. The second-order valence-corrected chi connectivity index (χ2v) is 10.2. The summed E-state index contributed by atoms with van der Waals surface area (Å²) in [6, 6.07) is 31.4. The second kappa shape index (κ2) is 10.9. The van der Waals surface area contributed by atoms with Gasteiger partial charge in [0.15, 0.2) is 0 Å². The van der Waals surface area contributed by atoms with E-state index in [4.69, 9.17) is 22.3 Å². The van der Waals surface area contributed by atoms with Crippen LogP contribution in [0.15, 0.2) is 102 Å². The fourth-order valence-electron chi connectivity index (χ4n) is 4.05. The molecule has 4 aromatic rings. The lowest BCUT2D eigenvalue weighted by atomic mass is 10.0. The van der Waals surface area contributed by atoms with E-state index in [2.05, 4.69) is 36.4 Å². The van der Waals surface area contributed by atoms with Crippen molar-refractivity contribution in [3.8, 4) is 22.4 Å². The molecule has 1 aliphatic heterocycles. The Labute approximate surface area is 224 Å². The molecule has 0 radical (unpaired) electrons. The Balaban J connectivity index is 1.31. The van der Waals surface area contributed by atoms with E-state index in [0.717, 1.165) is 27.9 Å². The molecule has 0 bridgehead atoms. The van der Waals surface area contributed by atoms with Crippen LogP contribution in [0.4, 0.5) is 0 Å². The number of thiocarbonyl (C=S) groups is 1. The van der Waals surface area contributed by atoms with Crippen LogP contribution < -0.4 is 0 Å². The van der Waals surface area contributed by atoms with Gasteiger partial charge in [-0.25, -0.2) is 4.98 Å². The van der Waals surface area contributed by atoms with Gasteiger partial charge >= 0.3 is 5.97 Å². The van der Waals surface area contributed by atoms with Gasteiger partial charge in [-0.3, -0.25) is 14.5 Å². The molecule has 1 fully saturated rings. The standard InChI is InChI=1S/C30H22N2O3S2/c33-28(34)17-20-9-11-21(12-10-20)19-32-29(35)27(37-30(32)36)18-25-7-4-8-26(31-25)24-15-13-23(14-16-24)22-5-2-1-3-6-22/h1-16,18H,17,19H2,(H,33,34)/b27-18-. The van der Waals surface area contributed by atoms with E-state index >= 15 is 0 Å². The lowest BCUT2D eigenvalue weighted by Crippen LogP contribution is -2.27. The summed E-state index contributed by atoms with van der Waals surface area (Å²) >= 11 is 6.74. The molecule has 182 valence electrons. The summed E-state index contributed by atoms with van der Waals surface area (Å²) in [4.78, 5) is 30.8. The zero-order valence-electron chi connectivity index (χ0n) is 19.7. The number of thioether (sulfide) groups is 1. The highest BCUT2D eigenvalue weighted by atomic mass is 32.2. The van der Waals surface area contributed by atoms with Crippen LogP contribution in [-0.4, -0.2) is 31.2 Å². The molecule has 0 atom stereocenters. The van der Waals surface area contributed by atoms with Gasteiger partial charge in [-0.05, 0) is 40.5 Å². The summed E-state index contributed by atoms with van der Waals surface area (Å²) < 4.78 is 0.485. The zero-order chi connectivity index (χ0) is 25.8. The largest absolute Gasteiger partial charge is 0.481 e. The number of carboxylic acid groups (broad SMARTS) is 1. The van der Waals surface area contributed by atoms with Crippen LogP contribution in [0.1, 0.15) is 16.8 Å². The molecule has 1 saturated heterocycles. The van der Waals surface area contributed by atoms with Gasteiger partial charge in [-0.1, -0.05) is 109 Å². The molecular formula is C30H22N2O3S2. The first kappa shape index (κ1) is 24.6. The molecule has 0 saturated carbocycles. The van der Waals surface area contributed by atoms with Gasteiger partial charge in [0.2, 0.25) is 0 Å². The topological polar surface area (TPSA) is 70.5 Å². The minimum Gasteiger partial charge on any atom is -0.481 e. The van der Waals surface area contributed by atoms with E-state index in [1.54, 1.807) is 23.1 Å². The molecule has 7 heteroatoms. The van der Waals surface area contributed by atoms with E-state index < -0.39 is 5.97 Å². The highest BCUT2D eigenvalue weighted by molar-refractivity contribution is 8.26. The Morgan fingerprint density at radius 2 is 1.49 bits per heavy atom. The third kappa shape index (κ3) is 5.85. The normalized spacial score (nSPS) is 14.4. The molecule has 3 aromatic carbocycles. The fourth-order valence-corrected chi connectivity index (χ4v) is 5.29. The molecule has 1 N–H and O–H groups in total. The summed E-state index contributed by atoms with van der Waals surface area (Å²) in [5.41, 5.74) is 6.39. The Bertz CT molecular complexity index is 1500. The minimum atomic E-state index is -0.878. The Morgan fingerprint density at radius 1 is 0.838 bits per heavy atom. The Morgan fingerprint density at radius 3 is 2.19 bits per heavy atom. The van der Waals surface area contributed by atoms with E-state index in [-0.39, 0.29) is 12.3 Å². The number of rotatable bonds is 7. The summed E-state index contributed by atoms with van der Waals surface area (Å²) in [6.45, 7) is 0.330. The molecular weight excluding hydrogens is 500 g/mol. The van der Waals surface area contributed by atoms with Crippen LogP contribution in [0.2, 0.25) is 0 Å². The van der Waals surface area contributed by atoms with Crippen LogP contribution in [0.3, 0.4) is 0 Å². The lowest BCUT2D eigenvalue weighted by Gasteiger charge is -2.14. The van der Waals surface area contributed by atoms with Crippen LogP contribution in [0.25, 0.3) is 28.5 Å². The predicted molar refractivity (Wildman–Crippen MR) is 152 cm³/mol. The number of benzene rings is 3. The average Bonchev–Trinajstić information content (AvgIpc) is 3.17. The Hall–Kier alpha value is -4.07. The fraction of sp³-hybridized carbons (Fsp3) is 0.0667. The SMILES string of the molecule is O=C(O)Cc1ccc(CN2C(=O)/C(=C/c3cccc(-c4ccc(-c5ccccc5)cc4)n3)SC2=S)cc1. The van der Waals surface area contributed by atoms with Gasteiger partial charge in [0.05, 0.1) is 29.3 Å². The maximum atomic E-state index is 13.1. The number of nitrogens with zero attached hydrogens (tertiary/aromatic N) is 2. The number of pyridine rings is 1. The predicted octanol–water partition coefficient (Wildman–Crippen LogP) is 6.44. The van der Waals surface area contributed by atoms with E-state index in [1.807, 2.05) is 48.5 Å². The number of amides is 1. The van der Waals surface area contributed by atoms with Crippen molar-refractivity contribution in [2.75, 3.05) is 0 Å². The number of carbonyl (C=O) groups excluding carboxylic acids is 1. The van der Waals surface area contributed by atoms with Crippen molar-refractivity contribution in [1.29, 1.82) is 0 Å². The molecule has 2 heterocycles. The summed E-state index contributed by atoms with van der Waals surface area (Å²) in [5, 5.41) is 8.94. The van der Waals surface area contributed by atoms with Crippen molar-refractivity contribution >= 4 is 46.3 Å². The highest BCUT2D eigenvalue weighted by Gasteiger charge is 2.32. The lowest BCUT2D eigenvalue weighted by molar-refractivity contribution is -0.136. The van der Waals surface area contributed by atoms with E-state index in [1.165, 1.54) is 11.8 Å². The Kier molecular flexibility index (Phi) is 7.25. The van der Waals surface area contributed by atoms with Gasteiger partial charge in [0.1, 0.15) is 4.32 Å². The van der Waals surface area contributed by atoms with Gasteiger partial charge in [0, 0.05) is 5.56 Å². The van der Waals surface area contributed by atoms with Gasteiger partial charge in [-0.15, -0.1) is 0 Å². The van der Waals surface area contributed by atoms with Crippen molar-refractivity contribution in [2.45, 2.75) is 13.0 Å². The van der Waals surface area contributed by atoms with Crippen molar-refractivity contribution in [1.82, 2.24) is 9.88 Å². The van der Waals surface area contributed by atoms with Crippen molar-refractivity contribution in [3.63, 3.8) is 0 Å². The maximum Gasteiger partial charge on any atom is 0.307 e. The molecule has 1 amide bonds. The van der Waals surface area contributed by atoms with Crippen LogP contribution in [0, 0.1) is 0 Å². The average molecular weight is 523 g/mol. The first-order valence-corrected chi connectivity index (χ1v) is 12.9. The summed E-state index contributed by atoms with van der Waals surface area (Å²) in [5.74, 6) is -1.04. The van der Waals surface area contributed by atoms with Crippen LogP contribution in [0.5, 0.6) is 0 Å². The molecule has 0 aliphatic carbocycles. The van der Waals surface area contributed by atoms with Gasteiger partial charge < -0.3 is 5.11 Å². The smallest absolute Gasteiger partial charge is 0.307 e. The van der Waals surface area contributed by atoms with Crippen molar-refractivity contribution in [2.24, 2.45) is 0 Å². The number of aromatic nitrogens is 1. The first-order chi connectivity index (χ1) is 18.0. The van der Waals surface area contributed by atoms with Gasteiger partial charge in [-0.2, -0.15) is 0 Å². The van der Waals surface area contributed by atoms with Crippen LogP contribution >= 0.6 is 24.0 Å². The number of hydrogen-bond donors (Lipinski definition) is 1. The molecule has 0 spiro atoms. The molecule has 5 rings (SSSR count). The number of aliphatic carboxylic acids is 1. The van der Waals surface area contributed by atoms with Crippen molar-refractivity contribution < 1.29 is 14.7 Å². The molecule has 5 nitrogen and oxygen atoms in total. The maximum absolute atomic E-state index is 13.1. The molecule has 1 aromatic heterocycles. The second-order valence-electron chi connectivity index (χ2n) is 8.55. The third-order valence-electron chi connectivity index (χ3n) is 5.93. The van der Waals surface area contributed by atoms with E-state index in [9.17, 15) is 9.59 Å². The number of carbonyl (C=O) groups is 2.